The molecule has 4 aromatic rings. The molecule has 0 unspecified atom stereocenters. The second-order valence-electron chi connectivity index (χ2n) is 5.36. The first-order valence-electron chi connectivity index (χ1n) is 7.49. The number of halogens is 1. The number of ether oxygens (including phenoxy) is 1. The largest absolute Gasteiger partial charge is 0.497 e. The Hall–Kier alpha value is -3.21. The highest BCUT2D eigenvalue weighted by atomic mass is 19.1. The van der Waals surface area contributed by atoms with E-state index in [0.29, 0.717) is 0 Å². The summed E-state index contributed by atoms with van der Waals surface area (Å²) in [4.78, 5) is 4.08. The molecule has 0 atom stereocenters. The summed E-state index contributed by atoms with van der Waals surface area (Å²) in [6, 6.07) is 14.0. The number of pyridine rings is 2. The number of hydrogen-bond acceptors (Lipinski definition) is 3. The lowest BCUT2D eigenvalue weighted by Gasteiger charge is -2.04. The maximum absolute atomic E-state index is 13.3. The number of aromatic nitrogens is 3. The fraction of sp³-hybridized carbons (Fsp3) is 0.0526. The van der Waals surface area contributed by atoms with Crippen LogP contribution < -0.4 is 4.74 Å². The zero-order chi connectivity index (χ0) is 16.5. The molecule has 0 saturated carbocycles. The van der Waals surface area contributed by atoms with Crippen LogP contribution in [0.1, 0.15) is 0 Å². The average Bonchev–Trinajstić information content (AvgIpc) is 3.01. The predicted molar refractivity (Wildman–Crippen MR) is 90.4 cm³/mol. The third kappa shape index (κ3) is 2.40. The van der Waals surface area contributed by atoms with Crippen LogP contribution >= 0.6 is 0 Å². The Morgan fingerprint density at radius 3 is 2.42 bits per heavy atom. The van der Waals surface area contributed by atoms with Gasteiger partial charge >= 0.3 is 0 Å². The first-order chi connectivity index (χ1) is 11.8. The number of methoxy groups -OCH3 is 1. The smallest absolute Gasteiger partial charge is 0.123 e. The van der Waals surface area contributed by atoms with Gasteiger partial charge in [0.2, 0.25) is 0 Å². The molecule has 118 valence electrons. The topological polar surface area (TPSA) is 39.4 Å². The molecule has 0 aliphatic rings. The lowest BCUT2D eigenvalue weighted by atomic mass is 10.0. The maximum atomic E-state index is 13.3. The van der Waals surface area contributed by atoms with E-state index in [-0.39, 0.29) is 5.82 Å². The fourth-order valence-corrected chi connectivity index (χ4v) is 2.77. The van der Waals surface area contributed by atoms with Crippen molar-refractivity contribution < 1.29 is 9.13 Å². The minimum atomic E-state index is -0.269. The first-order valence-corrected chi connectivity index (χ1v) is 7.49. The van der Waals surface area contributed by atoms with Crippen LogP contribution in [0.15, 0.2) is 67.1 Å². The van der Waals surface area contributed by atoms with Crippen LogP contribution in [0.4, 0.5) is 4.39 Å². The molecule has 1 aromatic carbocycles. The second-order valence-corrected chi connectivity index (χ2v) is 5.36. The minimum Gasteiger partial charge on any atom is -0.497 e. The van der Waals surface area contributed by atoms with Gasteiger partial charge in [0.15, 0.2) is 0 Å². The van der Waals surface area contributed by atoms with E-state index < -0.39 is 0 Å². The van der Waals surface area contributed by atoms with Gasteiger partial charge in [0, 0.05) is 35.8 Å². The number of fused-ring (bicyclic) bond motifs is 1. The summed E-state index contributed by atoms with van der Waals surface area (Å²) >= 11 is 0. The molecule has 0 bridgehead atoms. The molecule has 4 nitrogen and oxygen atoms in total. The first kappa shape index (κ1) is 14.4. The van der Waals surface area contributed by atoms with Crippen LogP contribution in [0.2, 0.25) is 0 Å². The van der Waals surface area contributed by atoms with Crippen molar-refractivity contribution in [2.75, 3.05) is 7.11 Å². The van der Waals surface area contributed by atoms with Crippen molar-refractivity contribution in [1.82, 2.24) is 14.6 Å². The van der Waals surface area contributed by atoms with Gasteiger partial charge < -0.3 is 4.74 Å². The Balaban J connectivity index is 2.03. The molecular formula is C19H14FN3O. The molecule has 0 N–H and O–H groups in total. The van der Waals surface area contributed by atoms with Crippen LogP contribution in [-0.2, 0) is 0 Å². The predicted octanol–water partition coefficient (Wildman–Crippen LogP) is 4.21. The van der Waals surface area contributed by atoms with Gasteiger partial charge in [-0.15, -0.1) is 0 Å². The van der Waals surface area contributed by atoms with Gasteiger partial charge in [0.1, 0.15) is 17.3 Å². The number of nitrogens with zero attached hydrogens (tertiary/aromatic N) is 3. The molecule has 0 amide bonds. The Morgan fingerprint density at radius 2 is 1.71 bits per heavy atom. The average molecular weight is 319 g/mol. The van der Waals surface area contributed by atoms with Crippen LogP contribution in [0, 0.1) is 5.82 Å². The standard InChI is InChI=1S/C19H14FN3O/c1-24-16-8-11-23-17(12-16)18(13-6-9-21-10-7-13)19(22-23)14-2-4-15(20)5-3-14/h2-12H,1H3. The quantitative estimate of drug-likeness (QED) is 0.568. The van der Waals surface area contributed by atoms with Gasteiger partial charge in [-0.1, -0.05) is 0 Å². The number of rotatable bonds is 3. The molecule has 3 aromatic heterocycles. The van der Waals surface area contributed by atoms with Crippen LogP contribution in [-0.4, -0.2) is 21.7 Å². The summed E-state index contributed by atoms with van der Waals surface area (Å²) in [5.74, 6) is 0.484. The van der Waals surface area contributed by atoms with Crippen LogP contribution in [0.3, 0.4) is 0 Å². The summed E-state index contributed by atoms with van der Waals surface area (Å²) in [5, 5.41) is 4.68. The fourth-order valence-electron chi connectivity index (χ4n) is 2.77. The monoisotopic (exact) mass is 319 g/mol. The molecule has 0 radical (unpaired) electrons. The van der Waals surface area contributed by atoms with Crippen molar-refractivity contribution >= 4 is 5.52 Å². The Morgan fingerprint density at radius 1 is 0.958 bits per heavy atom. The molecule has 0 fully saturated rings. The van der Waals surface area contributed by atoms with E-state index >= 15 is 0 Å². The van der Waals surface area contributed by atoms with Gasteiger partial charge in [-0.25, -0.2) is 8.91 Å². The zero-order valence-corrected chi connectivity index (χ0v) is 13.0. The maximum Gasteiger partial charge on any atom is 0.123 e. The highest BCUT2D eigenvalue weighted by Gasteiger charge is 2.17. The molecule has 24 heavy (non-hydrogen) atoms. The Kier molecular flexibility index (Phi) is 3.46. The van der Waals surface area contributed by atoms with E-state index in [1.807, 2.05) is 30.5 Å². The molecule has 3 heterocycles. The van der Waals surface area contributed by atoms with Gasteiger partial charge in [-0.05, 0) is 48.0 Å². The normalized spacial score (nSPS) is 10.9. The molecule has 0 aliphatic carbocycles. The lowest BCUT2D eigenvalue weighted by Crippen LogP contribution is -1.89. The summed E-state index contributed by atoms with van der Waals surface area (Å²) in [6.45, 7) is 0. The van der Waals surface area contributed by atoms with Crippen LogP contribution in [0.25, 0.3) is 27.9 Å². The molecule has 0 aliphatic heterocycles. The van der Waals surface area contributed by atoms with E-state index in [0.717, 1.165) is 33.7 Å². The van der Waals surface area contributed by atoms with Gasteiger partial charge in [-0.2, -0.15) is 5.10 Å². The van der Waals surface area contributed by atoms with E-state index in [2.05, 4.69) is 10.1 Å². The second kappa shape index (κ2) is 5.77. The summed E-state index contributed by atoms with van der Waals surface area (Å²) < 4.78 is 20.4. The molecule has 5 heteroatoms. The number of benzene rings is 1. The van der Waals surface area contributed by atoms with E-state index in [4.69, 9.17) is 4.74 Å². The molecule has 4 rings (SSSR count). The minimum absolute atomic E-state index is 0.269. The van der Waals surface area contributed by atoms with E-state index in [9.17, 15) is 4.39 Å². The van der Waals surface area contributed by atoms with Crippen molar-refractivity contribution in [3.63, 3.8) is 0 Å². The highest BCUT2D eigenvalue weighted by molar-refractivity contribution is 5.92. The van der Waals surface area contributed by atoms with Gasteiger partial charge in [0.25, 0.3) is 0 Å². The van der Waals surface area contributed by atoms with Crippen molar-refractivity contribution in [3.05, 3.63) is 72.9 Å². The van der Waals surface area contributed by atoms with Gasteiger partial charge in [-0.3, -0.25) is 4.98 Å². The Labute approximate surface area is 138 Å². The van der Waals surface area contributed by atoms with E-state index in [1.165, 1.54) is 12.1 Å². The highest BCUT2D eigenvalue weighted by Crippen LogP contribution is 2.36. The van der Waals surface area contributed by atoms with Crippen LogP contribution in [0.5, 0.6) is 5.75 Å². The van der Waals surface area contributed by atoms with Crippen molar-refractivity contribution in [2.24, 2.45) is 0 Å². The van der Waals surface area contributed by atoms with Crippen molar-refractivity contribution in [3.8, 4) is 28.1 Å². The SMILES string of the molecule is COc1ccn2nc(-c3ccc(F)cc3)c(-c3ccncc3)c2c1. The van der Waals surface area contributed by atoms with E-state index in [1.54, 1.807) is 36.2 Å². The van der Waals surface area contributed by atoms with Gasteiger partial charge in [0.05, 0.1) is 12.6 Å². The summed E-state index contributed by atoms with van der Waals surface area (Å²) in [6.07, 6.45) is 5.34. The summed E-state index contributed by atoms with van der Waals surface area (Å²) in [7, 11) is 1.63. The molecule has 0 saturated heterocycles. The summed E-state index contributed by atoms with van der Waals surface area (Å²) in [5.41, 5.74) is 4.51. The third-order valence-corrected chi connectivity index (χ3v) is 3.93. The Bertz CT molecular complexity index is 994. The van der Waals surface area contributed by atoms with Crippen molar-refractivity contribution in [2.45, 2.75) is 0 Å². The number of hydrogen-bond donors (Lipinski definition) is 0. The lowest BCUT2D eigenvalue weighted by molar-refractivity contribution is 0.414. The van der Waals surface area contributed by atoms with Crippen molar-refractivity contribution in [1.29, 1.82) is 0 Å². The third-order valence-electron chi connectivity index (χ3n) is 3.93. The molecular weight excluding hydrogens is 305 g/mol. The zero-order valence-electron chi connectivity index (χ0n) is 13.0. The molecule has 0 spiro atoms.